The first-order valence-corrected chi connectivity index (χ1v) is 7.57. The van der Waals surface area contributed by atoms with Crippen LogP contribution in [0.15, 0.2) is 21.6 Å². The number of aldehydes is 1. The lowest BCUT2D eigenvalue weighted by molar-refractivity contribution is 0.109. The van der Waals surface area contributed by atoms with E-state index in [1.165, 1.54) is 16.4 Å². The lowest BCUT2D eigenvalue weighted by atomic mass is 10.0. The Kier molecular flexibility index (Phi) is 3.87. The van der Waals surface area contributed by atoms with Gasteiger partial charge in [-0.2, -0.15) is 4.31 Å². The quantitative estimate of drug-likeness (QED) is 0.767. The number of carbonyl (C=O) groups is 1. The molecular weight excluding hydrogens is 254 g/mol. The van der Waals surface area contributed by atoms with Crippen LogP contribution in [0.5, 0.6) is 0 Å². The Labute approximate surface area is 107 Å². The van der Waals surface area contributed by atoms with E-state index in [2.05, 4.69) is 6.92 Å². The van der Waals surface area contributed by atoms with Gasteiger partial charge >= 0.3 is 0 Å². The monoisotopic (exact) mass is 271 g/mol. The molecule has 1 aromatic rings. The van der Waals surface area contributed by atoms with Gasteiger partial charge in [0.2, 0.25) is 5.09 Å². The molecule has 0 aliphatic carbocycles. The van der Waals surface area contributed by atoms with Gasteiger partial charge in [-0.05, 0) is 30.9 Å². The number of furan rings is 1. The lowest BCUT2D eigenvalue weighted by Gasteiger charge is -2.14. The van der Waals surface area contributed by atoms with Gasteiger partial charge in [0.25, 0.3) is 10.0 Å². The molecule has 18 heavy (non-hydrogen) atoms. The Morgan fingerprint density at radius 1 is 1.50 bits per heavy atom. The van der Waals surface area contributed by atoms with Gasteiger partial charge < -0.3 is 4.42 Å². The SMILES string of the molecule is CCCC1CCN(S(=O)(=O)c2ccc(C=O)o2)C1. The summed E-state index contributed by atoms with van der Waals surface area (Å²) in [5.74, 6) is 0.475. The van der Waals surface area contributed by atoms with Crippen LogP contribution < -0.4 is 0 Å². The summed E-state index contributed by atoms with van der Waals surface area (Å²) < 4.78 is 30.9. The maximum absolute atomic E-state index is 12.2. The number of sulfonamides is 1. The summed E-state index contributed by atoms with van der Waals surface area (Å²) in [5, 5.41) is -0.137. The van der Waals surface area contributed by atoms with Crippen molar-refractivity contribution in [1.82, 2.24) is 4.31 Å². The first-order chi connectivity index (χ1) is 8.57. The highest BCUT2D eigenvalue weighted by atomic mass is 32.2. The Balaban J connectivity index is 2.14. The number of hydrogen-bond acceptors (Lipinski definition) is 4. The van der Waals surface area contributed by atoms with E-state index in [-0.39, 0.29) is 10.9 Å². The van der Waals surface area contributed by atoms with E-state index in [9.17, 15) is 13.2 Å². The zero-order valence-electron chi connectivity index (χ0n) is 10.3. The van der Waals surface area contributed by atoms with Crippen molar-refractivity contribution in [1.29, 1.82) is 0 Å². The molecule has 0 N–H and O–H groups in total. The molecule has 1 fully saturated rings. The van der Waals surface area contributed by atoms with Gasteiger partial charge in [0.1, 0.15) is 0 Å². The standard InChI is InChI=1S/C12H17NO4S/c1-2-3-10-6-7-13(8-10)18(15,16)12-5-4-11(9-14)17-12/h4-5,9-10H,2-3,6-8H2,1H3. The van der Waals surface area contributed by atoms with Gasteiger partial charge in [-0.15, -0.1) is 0 Å². The summed E-state index contributed by atoms with van der Waals surface area (Å²) in [7, 11) is -3.57. The highest BCUT2D eigenvalue weighted by Gasteiger charge is 2.34. The summed E-state index contributed by atoms with van der Waals surface area (Å²) in [5.41, 5.74) is 0. The second-order valence-corrected chi connectivity index (χ2v) is 6.45. The van der Waals surface area contributed by atoms with Gasteiger partial charge in [0.15, 0.2) is 12.0 Å². The van der Waals surface area contributed by atoms with E-state index in [0.29, 0.717) is 25.3 Å². The van der Waals surface area contributed by atoms with E-state index < -0.39 is 10.0 Å². The molecule has 0 bridgehead atoms. The van der Waals surface area contributed by atoms with E-state index >= 15 is 0 Å². The second-order valence-electron chi connectivity index (χ2n) is 4.58. The molecule has 1 aromatic heterocycles. The lowest BCUT2D eigenvalue weighted by Crippen LogP contribution is -2.28. The Bertz CT molecular complexity index is 520. The highest BCUT2D eigenvalue weighted by molar-refractivity contribution is 7.89. The molecule has 5 nitrogen and oxygen atoms in total. The molecule has 0 radical (unpaired) electrons. The van der Waals surface area contributed by atoms with Crippen LogP contribution in [0.2, 0.25) is 0 Å². The Morgan fingerprint density at radius 2 is 2.28 bits per heavy atom. The first-order valence-electron chi connectivity index (χ1n) is 6.13. The van der Waals surface area contributed by atoms with Gasteiger partial charge in [-0.3, -0.25) is 4.79 Å². The molecule has 2 rings (SSSR count). The predicted octanol–water partition coefficient (Wildman–Crippen LogP) is 1.90. The van der Waals surface area contributed by atoms with Crippen molar-refractivity contribution in [3.8, 4) is 0 Å². The van der Waals surface area contributed by atoms with Gasteiger partial charge in [0, 0.05) is 13.1 Å². The summed E-state index contributed by atoms with van der Waals surface area (Å²) >= 11 is 0. The van der Waals surface area contributed by atoms with E-state index in [1.807, 2.05) is 0 Å². The summed E-state index contributed by atoms with van der Waals surface area (Å²) in [6.07, 6.45) is 3.51. The van der Waals surface area contributed by atoms with Crippen molar-refractivity contribution < 1.29 is 17.6 Å². The molecule has 0 aromatic carbocycles. The third kappa shape index (κ3) is 2.49. The van der Waals surface area contributed by atoms with Crippen molar-refractivity contribution >= 4 is 16.3 Å². The van der Waals surface area contributed by atoms with Crippen molar-refractivity contribution in [3.05, 3.63) is 17.9 Å². The molecule has 1 aliphatic rings. The third-order valence-electron chi connectivity index (χ3n) is 3.26. The van der Waals surface area contributed by atoms with Crippen LogP contribution >= 0.6 is 0 Å². The molecular formula is C12H17NO4S. The van der Waals surface area contributed by atoms with Gasteiger partial charge in [0.05, 0.1) is 0 Å². The van der Waals surface area contributed by atoms with Gasteiger partial charge in [-0.25, -0.2) is 8.42 Å². The van der Waals surface area contributed by atoms with E-state index in [4.69, 9.17) is 4.42 Å². The van der Waals surface area contributed by atoms with Crippen LogP contribution in [0.4, 0.5) is 0 Å². The molecule has 1 saturated heterocycles. The Morgan fingerprint density at radius 3 is 2.89 bits per heavy atom. The van der Waals surface area contributed by atoms with E-state index in [0.717, 1.165) is 19.3 Å². The first kappa shape index (κ1) is 13.3. The van der Waals surface area contributed by atoms with Gasteiger partial charge in [-0.1, -0.05) is 13.3 Å². The molecule has 1 unspecified atom stereocenters. The minimum absolute atomic E-state index is 0.0397. The van der Waals surface area contributed by atoms with Crippen LogP contribution in [0.25, 0.3) is 0 Å². The zero-order valence-corrected chi connectivity index (χ0v) is 11.1. The molecule has 0 saturated carbocycles. The number of hydrogen-bond donors (Lipinski definition) is 0. The average Bonchev–Trinajstić information content (AvgIpc) is 2.98. The second kappa shape index (κ2) is 5.24. The van der Waals surface area contributed by atoms with Crippen LogP contribution in [0, 0.1) is 5.92 Å². The molecule has 6 heteroatoms. The van der Waals surface area contributed by atoms with Crippen molar-refractivity contribution in [2.75, 3.05) is 13.1 Å². The molecule has 1 aliphatic heterocycles. The maximum atomic E-state index is 12.2. The number of nitrogens with zero attached hydrogens (tertiary/aromatic N) is 1. The number of carbonyl (C=O) groups excluding carboxylic acids is 1. The van der Waals surface area contributed by atoms with Crippen LogP contribution in [-0.4, -0.2) is 32.1 Å². The average molecular weight is 271 g/mol. The molecule has 2 heterocycles. The molecule has 1 atom stereocenters. The smallest absolute Gasteiger partial charge is 0.276 e. The van der Waals surface area contributed by atoms with E-state index in [1.54, 1.807) is 0 Å². The zero-order chi connectivity index (χ0) is 13.2. The highest BCUT2D eigenvalue weighted by Crippen LogP contribution is 2.27. The van der Waals surface area contributed by atoms with Crippen molar-refractivity contribution in [2.24, 2.45) is 5.92 Å². The van der Waals surface area contributed by atoms with Crippen LogP contribution in [0.3, 0.4) is 0 Å². The minimum Gasteiger partial charge on any atom is -0.440 e. The fourth-order valence-corrected chi connectivity index (χ4v) is 3.77. The van der Waals surface area contributed by atoms with Crippen molar-refractivity contribution in [3.63, 3.8) is 0 Å². The molecule has 0 amide bonds. The largest absolute Gasteiger partial charge is 0.440 e. The predicted molar refractivity (Wildman–Crippen MR) is 65.9 cm³/mol. The maximum Gasteiger partial charge on any atom is 0.276 e. The summed E-state index contributed by atoms with van der Waals surface area (Å²) in [4.78, 5) is 10.5. The van der Waals surface area contributed by atoms with Crippen LogP contribution in [-0.2, 0) is 10.0 Å². The Hall–Kier alpha value is -1.14. The topological polar surface area (TPSA) is 67.6 Å². The summed E-state index contributed by atoms with van der Waals surface area (Å²) in [6.45, 7) is 3.18. The van der Waals surface area contributed by atoms with Crippen molar-refractivity contribution in [2.45, 2.75) is 31.3 Å². The van der Waals surface area contributed by atoms with Crippen LogP contribution in [0.1, 0.15) is 36.7 Å². The normalized spacial score (nSPS) is 21.3. The minimum atomic E-state index is -3.57. The molecule has 0 spiro atoms. The number of rotatable bonds is 5. The fraction of sp³-hybridized carbons (Fsp3) is 0.583. The fourth-order valence-electron chi connectivity index (χ4n) is 2.32. The molecule has 100 valence electrons. The third-order valence-corrected chi connectivity index (χ3v) is 5.00. The summed E-state index contributed by atoms with van der Waals surface area (Å²) in [6, 6.07) is 2.71.